The predicted molar refractivity (Wildman–Crippen MR) is 80.7 cm³/mol. The molecule has 114 valence electrons. The summed E-state index contributed by atoms with van der Waals surface area (Å²) >= 11 is 1.27. The van der Waals surface area contributed by atoms with Crippen molar-refractivity contribution in [2.45, 2.75) is 12.5 Å². The molecule has 0 bridgehead atoms. The lowest BCUT2D eigenvalue weighted by molar-refractivity contribution is -0.384. The molecule has 1 aliphatic heterocycles. The van der Waals surface area contributed by atoms with Crippen molar-refractivity contribution in [2.75, 3.05) is 13.1 Å². The summed E-state index contributed by atoms with van der Waals surface area (Å²) in [5.74, 6) is -0.218. The van der Waals surface area contributed by atoms with Crippen LogP contribution < -0.4 is 0 Å². The van der Waals surface area contributed by atoms with Gasteiger partial charge in [0.1, 0.15) is 10.7 Å². The summed E-state index contributed by atoms with van der Waals surface area (Å²) in [6, 6.07) is 6.16. The van der Waals surface area contributed by atoms with E-state index in [9.17, 15) is 20.0 Å². The van der Waals surface area contributed by atoms with E-state index < -0.39 is 11.0 Å². The molecule has 2 aromatic rings. The predicted octanol–water partition coefficient (Wildman–Crippen LogP) is 1.93. The summed E-state index contributed by atoms with van der Waals surface area (Å²) in [6.07, 6.45) is 0.104. The first-order valence-electron chi connectivity index (χ1n) is 6.72. The average Bonchev–Trinajstić information content (AvgIpc) is 3.15. The number of nitrogens with zero attached hydrogens (tertiary/aromatic N) is 3. The Morgan fingerprint density at radius 1 is 1.50 bits per heavy atom. The van der Waals surface area contributed by atoms with E-state index in [1.54, 1.807) is 22.4 Å². The summed E-state index contributed by atoms with van der Waals surface area (Å²) in [5.41, 5.74) is 0.906. The second-order valence-electron chi connectivity index (χ2n) is 5.04. The molecule has 0 radical (unpaired) electrons. The first-order chi connectivity index (χ1) is 10.5. The van der Waals surface area contributed by atoms with Gasteiger partial charge in [-0.1, -0.05) is 12.1 Å². The van der Waals surface area contributed by atoms with Crippen LogP contribution in [0.1, 0.15) is 16.9 Å². The zero-order valence-electron chi connectivity index (χ0n) is 11.5. The number of rotatable bonds is 3. The number of carbonyl (C=O) groups excluding carboxylic acids is 1. The van der Waals surface area contributed by atoms with Gasteiger partial charge < -0.3 is 10.0 Å². The number of amides is 1. The van der Waals surface area contributed by atoms with Crippen LogP contribution in [0.4, 0.5) is 5.69 Å². The summed E-state index contributed by atoms with van der Waals surface area (Å²) in [4.78, 5) is 28.4. The van der Waals surface area contributed by atoms with Crippen molar-refractivity contribution >= 4 is 22.9 Å². The lowest BCUT2D eigenvalue weighted by atomic mass is 10.2. The molecular weight excluding hydrogens is 306 g/mol. The quantitative estimate of drug-likeness (QED) is 0.688. The maximum atomic E-state index is 12.3. The Labute approximate surface area is 130 Å². The molecule has 1 saturated heterocycles. The summed E-state index contributed by atoms with van der Waals surface area (Å²) in [5, 5.41) is 22.5. The fourth-order valence-corrected chi connectivity index (χ4v) is 3.14. The van der Waals surface area contributed by atoms with Gasteiger partial charge in [-0.2, -0.15) is 0 Å². The van der Waals surface area contributed by atoms with Crippen LogP contribution in [0.15, 0.2) is 29.6 Å². The minimum atomic E-state index is -0.473. The fraction of sp³-hybridized carbons (Fsp3) is 0.286. The highest BCUT2D eigenvalue weighted by Gasteiger charge is 2.27. The highest BCUT2D eigenvalue weighted by Crippen LogP contribution is 2.27. The van der Waals surface area contributed by atoms with E-state index in [2.05, 4.69) is 4.98 Å². The number of thiazole rings is 1. The number of β-amino-alcohol motifs (C(OH)–C–C–N with tert-alkyl or cyclic N) is 1. The highest BCUT2D eigenvalue weighted by molar-refractivity contribution is 7.13. The van der Waals surface area contributed by atoms with E-state index in [1.807, 2.05) is 0 Å². The third-order valence-electron chi connectivity index (χ3n) is 3.48. The van der Waals surface area contributed by atoms with Gasteiger partial charge in [0.15, 0.2) is 0 Å². The minimum absolute atomic E-state index is 0.0109. The van der Waals surface area contributed by atoms with Gasteiger partial charge >= 0.3 is 0 Å². The van der Waals surface area contributed by atoms with Crippen molar-refractivity contribution in [1.29, 1.82) is 0 Å². The third-order valence-corrected chi connectivity index (χ3v) is 4.37. The Kier molecular flexibility index (Phi) is 3.86. The van der Waals surface area contributed by atoms with Crippen LogP contribution in [0.5, 0.6) is 0 Å². The molecule has 1 fully saturated rings. The smallest absolute Gasteiger partial charge is 0.273 e. The fourth-order valence-electron chi connectivity index (χ4n) is 2.35. The van der Waals surface area contributed by atoms with Crippen molar-refractivity contribution < 1.29 is 14.8 Å². The van der Waals surface area contributed by atoms with E-state index in [4.69, 9.17) is 0 Å². The van der Waals surface area contributed by atoms with E-state index in [0.29, 0.717) is 35.8 Å². The Morgan fingerprint density at radius 3 is 3.00 bits per heavy atom. The zero-order chi connectivity index (χ0) is 15.7. The van der Waals surface area contributed by atoms with Gasteiger partial charge in [0.05, 0.1) is 11.0 Å². The zero-order valence-corrected chi connectivity index (χ0v) is 12.3. The van der Waals surface area contributed by atoms with Crippen LogP contribution in [-0.2, 0) is 0 Å². The number of hydrogen-bond donors (Lipinski definition) is 1. The van der Waals surface area contributed by atoms with Crippen LogP contribution in [0.25, 0.3) is 10.6 Å². The minimum Gasteiger partial charge on any atom is -0.391 e. The summed E-state index contributed by atoms with van der Waals surface area (Å²) in [6.45, 7) is 0.839. The van der Waals surface area contributed by atoms with Crippen LogP contribution in [0.2, 0.25) is 0 Å². The van der Waals surface area contributed by atoms with Gasteiger partial charge in [-0.25, -0.2) is 4.98 Å². The summed E-state index contributed by atoms with van der Waals surface area (Å²) < 4.78 is 0. The van der Waals surface area contributed by atoms with Crippen LogP contribution in [-0.4, -0.2) is 45.0 Å². The molecule has 1 amide bonds. The lowest BCUT2D eigenvalue weighted by Gasteiger charge is -2.13. The number of hydrogen-bond acceptors (Lipinski definition) is 6. The standard InChI is InChI=1S/C14H13N3O4S/c18-11-4-5-16(7-11)14(19)12-8-22-13(15-12)9-2-1-3-10(6-9)17(20)21/h1-3,6,8,11,18H,4-5,7H2/t11-/m0/s1. The molecule has 22 heavy (non-hydrogen) atoms. The number of nitro groups is 1. The van der Waals surface area contributed by atoms with Crippen LogP contribution in [0, 0.1) is 10.1 Å². The molecule has 0 unspecified atom stereocenters. The number of aliphatic hydroxyl groups excluding tert-OH is 1. The Balaban J connectivity index is 1.83. The van der Waals surface area contributed by atoms with Gasteiger partial charge in [-0.3, -0.25) is 14.9 Å². The molecule has 2 heterocycles. The molecule has 1 atom stereocenters. The van der Waals surface area contributed by atoms with Gasteiger partial charge in [0.25, 0.3) is 11.6 Å². The number of aliphatic hydroxyl groups is 1. The molecule has 1 aromatic heterocycles. The van der Waals surface area contributed by atoms with E-state index in [0.717, 1.165) is 0 Å². The van der Waals surface area contributed by atoms with Crippen molar-refractivity contribution in [3.05, 3.63) is 45.5 Å². The van der Waals surface area contributed by atoms with Crippen molar-refractivity contribution in [1.82, 2.24) is 9.88 Å². The first kappa shape index (κ1) is 14.6. The summed E-state index contributed by atoms with van der Waals surface area (Å²) in [7, 11) is 0. The number of likely N-dealkylation sites (tertiary alicyclic amines) is 1. The van der Waals surface area contributed by atoms with Crippen molar-refractivity contribution in [3.63, 3.8) is 0 Å². The average molecular weight is 319 g/mol. The van der Waals surface area contributed by atoms with E-state index in [1.165, 1.54) is 23.5 Å². The molecule has 0 aliphatic carbocycles. The highest BCUT2D eigenvalue weighted by atomic mass is 32.1. The Morgan fingerprint density at radius 2 is 2.32 bits per heavy atom. The number of non-ortho nitro benzene ring substituents is 1. The van der Waals surface area contributed by atoms with Gasteiger partial charge in [-0.15, -0.1) is 11.3 Å². The number of nitro benzene ring substituents is 1. The number of benzene rings is 1. The molecule has 3 rings (SSSR count). The third kappa shape index (κ3) is 2.83. The number of carbonyl (C=O) groups is 1. The lowest BCUT2D eigenvalue weighted by Crippen LogP contribution is -2.29. The molecule has 1 aromatic carbocycles. The molecule has 8 heteroatoms. The number of aromatic nitrogens is 1. The second kappa shape index (κ2) is 5.82. The van der Waals surface area contributed by atoms with Crippen molar-refractivity contribution in [3.8, 4) is 10.6 Å². The van der Waals surface area contributed by atoms with Crippen LogP contribution in [0.3, 0.4) is 0 Å². The van der Waals surface area contributed by atoms with E-state index >= 15 is 0 Å². The monoisotopic (exact) mass is 319 g/mol. The largest absolute Gasteiger partial charge is 0.391 e. The van der Waals surface area contributed by atoms with Gasteiger partial charge in [0.2, 0.25) is 0 Å². The molecule has 7 nitrogen and oxygen atoms in total. The Hall–Kier alpha value is -2.32. The van der Waals surface area contributed by atoms with E-state index in [-0.39, 0.29) is 11.6 Å². The molecule has 0 saturated carbocycles. The van der Waals surface area contributed by atoms with Crippen molar-refractivity contribution in [2.24, 2.45) is 0 Å². The molecular formula is C14H13N3O4S. The first-order valence-corrected chi connectivity index (χ1v) is 7.60. The van der Waals surface area contributed by atoms with Gasteiger partial charge in [0, 0.05) is 36.2 Å². The maximum Gasteiger partial charge on any atom is 0.273 e. The Bertz CT molecular complexity index is 730. The molecule has 1 N–H and O–H groups in total. The maximum absolute atomic E-state index is 12.3. The van der Waals surface area contributed by atoms with Crippen LogP contribution >= 0.6 is 11.3 Å². The SMILES string of the molecule is O=C(c1csc(-c2cccc([N+](=O)[O-])c2)n1)N1CC[C@H](O)C1. The molecule has 0 spiro atoms. The second-order valence-corrected chi connectivity index (χ2v) is 5.90. The normalized spacial score (nSPS) is 17.7. The van der Waals surface area contributed by atoms with Gasteiger partial charge in [-0.05, 0) is 6.42 Å². The molecule has 1 aliphatic rings. The topological polar surface area (TPSA) is 96.6 Å².